The maximum atomic E-state index is 6.12. The number of hydrogen-bond donors (Lipinski definition) is 0. The molecule has 7 nitrogen and oxygen atoms in total. The van der Waals surface area contributed by atoms with Crippen LogP contribution in [0.15, 0.2) is 36.4 Å². The van der Waals surface area contributed by atoms with Crippen molar-refractivity contribution < 1.29 is 32.9 Å². The lowest BCUT2D eigenvalue weighted by atomic mass is 9.96. The van der Waals surface area contributed by atoms with E-state index in [1.54, 1.807) is 7.11 Å². The van der Waals surface area contributed by atoms with Gasteiger partial charge in [-0.3, -0.25) is 0 Å². The molecule has 0 unspecified atom stereocenters. The molecule has 0 aromatic heterocycles. The monoisotopic (exact) mass is 518 g/mol. The number of hydrogen-bond acceptors (Lipinski definition) is 6. The number of methoxy groups -OCH3 is 1. The average molecular weight is 519 g/mol. The van der Waals surface area contributed by atoms with E-state index in [4.69, 9.17) is 28.4 Å². The fraction of sp³-hybridized carbons (Fsp3) is 0.600. The summed E-state index contributed by atoms with van der Waals surface area (Å²) < 4.78 is 34.0. The molecule has 0 N–H and O–H groups in total. The van der Waals surface area contributed by atoms with Gasteiger partial charge in [-0.05, 0) is 55.7 Å². The first kappa shape index (κ1) is 31.2. The van der Waals surface area contributed by atoms with Crippen molar-refractivity contribution in [1.29, 1.82) is 0 Å². The van der Waals surface area contributed by atoms with Gasteiger partial charge in [0.15, 0.2) is 0 Å². The molecular formula is C30H48NO6+. The minimum absolute atomic E-state index is 0.494. The van der Waals surface area contributed by atoms with Crippen molar-refractivity contribution in [2.24, 2.45) is 0 Å². The number of quaternary nitrogens is 1. The predicted molar refractivity (Wildman–Crippen MR) is 148 cm³/mol. The second kappa shape index (κ2) is 17.5. The first-order valence-electron chi connectivity index (χ1n) is 13.3. The van der Waals surface area contributed by atoms with E-state index in [1.807, 2.05) is 0 Å². The van der Waals surface area contributed by atoms with Crippen LogP contribution in [-0.2, 0) is 30.2 Å². The van der Waals surface area contributed by atoms with Crippen LogP contribution in [0.3, 0.4) is 0 Å². The summed E-state index contributed by atoms with van der Waals surface area (Å²) in [6.45, 7) is 14.0. The van der Waals surface area contributed by atoms with E-state index in [0.29, 0.717) is 66.1 Å². The molecule has 208 valence electrons. The fourth-order valence-corrected chi connectivity index (χ4v) is 3.77. The second-order valence-corrected chi connectivity index (χ2v) is 9.88. The fourth-order valence-electron chi connectivity index (χ4n) is 3.77. The van der Waals surface area contributed by atoms with Crippen LogP contribution in [0.4, 0.5) is 0 Å². The minimum Gasteiger partial charge on any atom is -0.491 e. The van der Waals surface area contributed by atoms with E-state index in [2.05, 4.69) is 71.3 Å². The normalized spacial score (nSPS) is 11.7. The van der Waals surface area contributed by atoms with E-state index < -0.39 is 0 Å². The Bertz CT molecular complexity index is 902. The topological polar surface area (TPSA) is 55.4 Å². The Morgan fingerprint density at radius 1 is 0.676 bits per heavy atom. The van der Waals surface area contributed by atoms with Gasteiger partial charge >= 0.3 is 0 Å². The van der Waals surface area contributed by atoms with Crippen LogP contribution >= 0.6 is 0 Å². The summed E-state index contributed by atoms with van der Waals surface area (Å²) in [5.41, 5.74) is 6.25. The van der Waals surface area contributed by atoms with Crippen LogP contribution in [0, 0.1) is 13.8 Å². The molecule has 0 aliphatic rings. The summed E-state index contributed by atoms with van der Waals surface area (Å²) in [7, 11) is 6.17. The molecule has 2 aromatic rings. The standard InChI is InChI=1S/C30H48NO6/c1-7-31(4,5)24-27-21-28(30-20-25(2)8-9-26(30)3)23-29(22-27)37-19-18-36-17-16-35-15-14-34-13-12-33-11-10-32-6/h8-9,20-23H,7,10-19,24H2,1-6H3/q+1. The Morgan fingerprint density at radius 2 is 1.24 bits per heavy atom. The lowest BCUT2D eigenvalue weighted by Crippen LogP contribution is -2.38. The number of benzene rings is 2. The summed E-state index contributed by atoms with van der Waals surface area (Å²) in [6.07, 6.45) is 0. The van der Waals surface area contributed by atoms with Crippen LogP contribution in [0.5, 0.6) is 5.75 Å². The summed E-state index contributed by atoms with van der Waals surface area (Å²) in [5.74, 6) is 0.882. The maximum absolute atomic E-state index is 6.12. The van der Waals surface area contributed by atoms with E-state index >= 15 is 0 Å². The Balaban J connectivity index is 1.75. The molecule has 37 heavy (non-hydrogen) atoms. The number of aryl methyl sites for hydroxylation is 2. The predicted octanol–water partition coefficient (Wildman–Crippen LogP) is 4.66. The maximum Gasteiger partial charge on any atom is 0.120 e. The number of nitrogens with zero attached hydrogens (tertiary/aromatic N) is 1. The Kier molecular flexibility index (Phi) is 14.8. The molecule has 0 aliphatic carbocycles. The van der Waals surface area contributed by atoms with Gasteiger partial charge in [0, 0.05) is 12.7 Å². The zero-order valence-corrected chi connectivity index (χ0v) is 23.8. The molecule has 0 radical (unpaired) electrons. The summed E-state index contributed by atoms with van der Waals surface area (Å²) in [6, 6.07) is 13.2. The van der Waals surface area contributed by atoms with Crippen molar-refractivity contribution in [3.05, 3.63) is 53.1 Å². The van der Waals surface area contributed by atoms with Crippen molar-refractivity contribution in [3.63, 3.8) is 0 Å². The van der Waals surface area contributed by atoms with Crippen LogP contribution in [0.2, 0.25) is 0 Å². The molecule has 0 bridgehead atoms. The first-order valence-corrected chi connectivity index (χ1v) is 13.3. The van der Waals surface area contributed by atoms with E-state index in [0.717, 1.165) is 23.3 Å². The lowest BCUT2D eigenvalue weighted by molar-refractivity contribution is -0.901. The zero-order chi connectivity index (χ0) is 26.9. The van der Waals surface area contributed by atoms with E-state index in [1.165, 1.54) is 27.8 Å². The molecule has 0 aliphatic heterocycles. The third-order valence-corrected chi connectivity index (χ3v) is 6.18. The molecule has 2 aromatic carbocycles. The Morgan fingerprint density at radius 3 is 1.81 bits per heavy atom. The van der Waals surface area contributed by atoms with Crippen molar-refractivity contribution in [3.8, 4) is 16.9 Å². The van der Waals surface area contributed by atoms with Crippen LogP contribution in [-0.4, -0.2) is 98.3 Å². The van der Waals surface area contributed by atoms with Gasteiger partial charge in [-0.1, -0.05) is 23.8 Å². The average Bonchev–Trinajstić information content (AvgIpc) is 2.87. The summed E-state index contributed by atoms with van der Waals surface area (Å²) in [4.78, 5) is 0. The van der Waals surface area contributed by atoms with Crippen molar-refractivity contribution in [2.75, 3.05) is 93.8 Å². The van der Waals surface area contributed by atoms with Gasteiger partial charge in [-0.25, -0.2) is 0 Å². The minimum atomic E-state index is 0.494. The highest BCUT2D eigenvalue weighted by atomic mass is 16.6. The third-order valence-electron chi connectivity index (χ3n) is 6.18. The molecule has 7 heteroatoms. The van der Waals surface area contributed by atoms with Gasteiger partial charge in [0.2, 0.25) is 0 Å². The summed E-state index contributed by atoms with van der Waals surface area (Å²) in [5, 5.41) is 0. The molecule has 0 heterocycles. The van der Waals surface area contributed by atoms with Crippen molar-refractivity contribution >= 4 is 0 Å². The molecule has 0 saturated heterocycles. The highest BCUT2D eigenvalue weighted by Gasteiger charge is 2.15. The highest BCUT2D eigenvalue weighted by Crippen LogP contribution is 2.30. The van der Waals surface area contributed by atoms with Gasteiger partial charge in [-0.15, -0.1) is 0 Å². The Labute approximate surface area is 224 Å². The SMILES string of the molecule is CC[N+](C)(C)Cc1cc(OCCOCCOCCOCCOCCOC)cc(-c2cc(C)ccc2C)c1. The van der Waals surface area contributed by atoms with E-state index in [-0.39, 0.29) is 0 Å². The molecule has 0 amide bonds. The van der Waals surface area contributed by atoms with Crippen LogP contribution in [0.1, 0.15) is 23.6 Å². The lowest BCUT2D eigenvalue weighted by Gasteiger charge is -2.28. The van der Waals surface area contributed by atoms with Crippen LogP contribution < -0.4 is 4.74 Å². The van der Waals surface area contributed by atoms with Crippen molar-refractivity contribution in [1.82, 2.24) is 0 Å². The van der Waals surface area contributed by atoms with E-state index in [9.17, 15) is 0 Å². The highest BCUT2D eigenvalue weighted by molar-refractivity contribution is 5.70. The number of ether oxygens (including phenoxy) is 6. The third kappa shape index (κ3) is 12.9. The largest absolute Gasteiger partial charge is 0.491 e. The molecular weight excluding hydrogens is 470 g/mol. The molecule has 0 fully saturated rings. The van der Waals surface area contributed by atoms with Gasteiger partial charge in [0.1, 0.15) is 18.9 Å². The molecule has 2 rings (SSSR count). The number of rotatable bonds is 20. The quantitative estimate of drug-likeness (QED) is 0.188. The van der Waals surface area contributed by atoms with Gasteiger partial charge in [0.05, 0.1) is 80.1 Å². The first-order chi connectivity index (χ1) is 17.8. The second-order valence-electron chi connectivity index (χ2n) is 9.88. The molecule has 0 atom stereocenters. The molecule has 0 saturated carbocycles. The van der Waals surface area contributed by atoms with Gasteiger partial charge < -0.3 is 32.9 Å². The zero-order valence-electron chi connectivity index (χ0n) is 23.8. The smallest absolute Gasteiger partial charge is 0.120 e. The Hall–Kier alpha value is -2.00. The molecule has 0 spiro atoms. The van der Waals surface area contributed by atoms with Gasteiger partial charge in [0.25, 0.3) is 0 Å². The van der Waals surface area contributed by atoms with Gasteiger partial charge in [-0.2, -0.15) is 0 Å². The summed E-state index contributed by atoms with van der Waals surface area (Å²) >= 11 is 0. The van der Waals surface area contributed by atoms with Crippen molar-refractivity contribution in [2.45, 2.75) is 27.3 Å². The van der Waals surface area contributed by atoms with Crippen LogP contribution in [0.25, 0.3) is 11.1 Å².